The Bertz CT molecular complexity index is 975. The van der Waals surface area contributed by atoms with Crippen LogP contribution in [-0.4, -0.2) is 159 Å². The molecule has 3 aliphatic rings. The van der Waals surface area contributed by atoms with Crippen molar-refractivity contribution >= 4 is 6.21 Å². The Morgan fingerprint density at radius 1 is 0.683 bits per heavy atom. The minimum atomic E-state index is -1.58. The summed E-state index contributed by atoms with van der Waals surface area (Å²) in [4.78, 5) is 4.43. The number of hydrogen-bond donors (Lipinski definition) is 10. The van der Waals surface area contributed by atoms with Gasteiger partial charge in [-0.2, -0.15) is 0 Å². The molecule has 0 bridgehead atoms. The van der Waals surface area contributed by atoms with Gasteiger partial charge in [0.05, 0.1) is 31.9 Å². The highest BCUT2D eigenvalue weighted by Crippen LogP contribution is 2.33. The number of aliphatic imine (C=N–C) groups is 1. The fourth-order valence-electron chi connectivity index (χ4n) is 5.01. The normalized spacial score (nSPS) is 45.7. The molecule has 16 heteroatoms. The zero-order valence-electron chi connectivity index (χ0n) is 22.0. The predicted octanol–water partition coefficient (Wildman–Crippen LogP) is -5.51. The minimum absolute atomic E-state index is 0.653. The van der Waals surface area contributed by atoms with Crippen LogP contribution in [0.5, 0.6) is 0 Å². The molecule has 3 saturated heterocycles. The molecule has 0 radical (unpaired) electrons. The minimum Gasteiger partial charge on any atom is -0.394 e. The second-order valence-electron chi connectivity index (χ2n) is 10.2. The topological polar surface area (TPSA) is 272 Å². The van der Waals surface area contributed by atoms with E-state index in [1.807, 2.05) is 0 Å². The second-order valence-corrected chi connectivity index (χ2v) is 10.2. The van der Waals surface area contributed by atoms with Gasteiger partial charge in [-0.25, -0.2) is 0 Å². The third-order valence-corrected chi connectivity index (χ3v) is 7.45. The van der Waals surface area contributed by atoms with Crippen molar-refractivity contribution in [2.45, 2.75) is 91.9 Å². The van der Waals surface area contributed by atoms with Crippen LogP contribution in [0.15, 0.2) is 35.3 Å². The molecule has 0 amide bonds. The van der Waals surface area contributed by atoms with E-state index >= 15 is 0 Å². The fraction of sp³-hybridized carbons (Fsp3) is 0.720. The Morgan fingerprint density at radius 3 is 1.88 bits per heavy atom. The summed E-state index contributed by atoms with van der Waals surface area (Å²) in [6, 6.07) is 4.96. The summed E-state index contributed by atoms with van der Waals surface area (Å²) in [6.45, 7) is -2.03. The summed E-state index contributed by atoms with van der Waals surface area (Å²) in [5.74, 6) is 0. The van der Waals surface area contributed by atoms with Gasteiger partial charge in [0.1, 0.15) is 61.0 Å². The predicted molar refractivity (Wildman–Crippen MR) is 137 cm³/mol. The number of nitrogens with zero attached hydrogens (tertiary/aromatic N) is 1. The van der Waals surface area contributed by atoms with Gasteiger partial charge in [-0.1, -0.05) is 30.3 Å². The highest BCUT2D eigenvalue weighted by atomic mass is 16.7. The summed E-state index contributed by atoms with van der Waals surface area (Å²) in [7, 11) is 0. The van der Waals surface area contributed by atoms with E-state index in [9.17, 15) is 40.9 Å². The third kappa shape index (κ3) is 6.93. The summed E-state index contributed by atoms with van der Waals surface area (Å²) >= 11 is 0. The molecule has 0 aliphatic carbocycles. The van der Waals surface area contributed by atoms with Crippen molar-refractivity contribution in [3.8, 4) is 0 Å². The van der Waals surface area contributed by atoms with E-state index in [2.05, 4.69) is 4.99 Å². The lowest BCUT2D eigenvalue weighted by Crippen LogP contribution is -2.67. The van der Waals surface area contributed by atoms with E-state index in [1.165, 1.54) is 6.21 Å². The summed E-state index contributed by atoms with van der Waals surface area (Å²) < 4.78 is 28.5. The zero-order chi connectivity index (χ0) is 29.8. The number of aliphatic hydroxyl groups is 8. The number of hydrogen-bond acceptors (Lipinski definition) is 16. The van der Waals surface area contributed by atoms with Crippen molar-refractivity contribution in [3.05, 3.63) is 35.9 Å². The zero-order valence-corrected chi connectivity index (χ0v) is 22.0. The Morgan fingerprint density at radius 2 is 1.24 bits per heavy atom. The first-order chi connectivity index (χ1) is 19.6. The number of nitrogens with two attached hydrogens (primary N) is 2. The van der Waals surface area contributed by atoms with Gasteiger partial charge in [0.25, 0.3) is 0 Å². The van der Waals surface area contributed by atoms with Crippen LogP contribution in [0.2, 0.25) is 0 Å². The average molecular weight is 590 g/mol. The Balaban J connectivity index is 1.61. The first-order valence-corrected chi connectivity index (χ1v) is 13.2. The molecule has 232 valence electrons. The molecule has 0 spiro atoms. The van der Waals surface area contributed by atoms with Crippen LogP contribution in [0.1, 0.15) is 5.56 Å². The lowest BCUT2D eigenvalue weighted by Gasteiger charge is -2.48. The second kappa shape index (κ2) is 14.2. The van der Waals surface area contributed by atoms with E-state index in [-0.39, 0.29) is 0 Å². The van der Waals surface area contributed by atoms with E-state index in [1.54, 1.807) is 30.3 Å². The van der Waals surface area contributed by atoms with Crippen molar-refractivity contribution in [2.24, 2.45) is 16.5 Å². The smallest absolute Gasteiger partial charge is 0.183 e. The first kappa shape index (κ1) is 32.2. The molecule has 1 aromatic rings. The third-order valence-electron chi connectivity index (χ3n) is 7.45. The molecule has 12 N–H and O–H groups in total. The number of benzene rings is 1. The molecule has 16 nitrogen and oxygen atoms in total. The molecule has 0 saturated carbocycles. The highest BCUT2D eigenvalue weighted by molar-refractivity contribution is 5.79. The molecular weight excluding hydrogens is 550 g/mol. The molecule has 1 aromatic carbocycles. The molecular formula is C25H39N3O13. The summed E-state index contributed by atoms with van der Waals surface area (Å²) in [5.41, 5.74) is 12.5. The van der Waals surface area contributed by atoms with Crippen LogP contribution in [0, 0.1) is 0 Å². The largest absolute Gasteiger partial charge is 0.394 e. The van der Waals surface area contributed by atoms with Crippen LogP contribution in [0.3, 0.4) is 0 Å². The quantitative estimate of drug-likeness (QED) is 0.120. The molecule has 4 rings (SSSR count). The van der Waals surface area contributed by atoms with Crippen molar-refractivity contribution in [3.63, 3.8) is 0 Å². The summed E-state index contributed by atoms with van der Waals surface area (Å²) in [6.07, 6.45) is -15.6. The maximum Gasteiger partial charge on any atom is 0.183 e. The van der Waals surface area contributed by atoms with E-state index < -0.39 is 112 Å². The number of rotatable bonds is 9. The highest BCUT2D eigenvalue weighted by Gasteiger charge is 2.53. The van der Waals surface area contributed by atoms with Gasteiger partial charge in [0.2, 0.25) is 0 Å². The van der Waals surface area contributed by atoms with Gasteiger partial charge in [-0.3, -0.25) is 4.99 Å². The Hall–Kier alpha value is -1.71. The van der Waals surface area contributed by atoms with Crippen LogP contribution in [0.4, 0.5) is 0 Å². The molecule has 2 unspecified atom stereocenters. The van der Waals surface area contributed by atoms with Crippen molar-refractivity contribution < 1.29 is 64.5 Å². The van der Waals surface area contributed by atoms with Crippen LogP contribution >= 0.6 is 0 Å². The maximum absolute atomic E-state index is 11.5. The van der Waals surface area contributed by atoms with Gasteiger partial charge >= 0.3 is 0 Å². The summed E-state index contributed by atoms with van der Waals surface area (Å²) in [5, 5.41) is 82.0. The standard InChI is InChI=1S/C25H39N3O13/c26-14-19(34)21(12(8-30)37-23(14)36)41-25-16(28-6-10-4-2-1-3-5-10)20(35)22(13(9-31)39-25)40-24-15(27)18(33)17(32)11(7-29)38-24/h1-6,11-25,29-36H,7-9,26-27H2/t11-,12-,13-,14-,15-,16-,17-,18-,19-,20-,21?,22?,23-,24+,25+/m1/s1. The molecule has 3 fully saturated rings. The van der Waals surface area contributed by atoms with Gasteiger partial charge in [-0.15, -0.1) is 0 Å². The van der Waals surface area contributed by atoms with Crippen LogP contribution in [-0.2, 0) is 23.7 Å². The SMILES string of the molecule is N[C@H]1[C@H](OC2[C@@H](CO)O[C@@H](OC3[C@@H](CO)O[C@@H](O)[C@H](N)[C@H]3O)[C@H](N=Cc3ccccc3)[C@H]2O)O[C@H](CO)[C@@H](O)[C@@H]1O. The fourth-order valence-corrected chi connectivity index (χ4v) is 5.01. The van der Waals surface area contributed by atoms with Crippen molar-refractivity contribution in [2.75, 3.05) is 19.8 Å². The Kier molecular flexibility index (Phi) is 11.1. The Labute approximate surface area is 235 Å². The average Bonchev–Trinajstić information content (AvgIpc) is 2.98. The van der Waals surface area contributed by atoms with Crippen molar-refractivity contribution in [1.82, 2.24) is 0 Å². The van der Waals surface area contributed by atoms with E-state index in [0.29, 0.717) is 5.56 Å². The lowest BCUT2D eigenvalue weighted by molar-refractivity contribution is -0.347. The van der Waals surface area contributed by atoms with Crippen molar-refractivity contribution in [1.29, 1.82) is 0 Å². The van der Waals surface area contributed by atoms with Gasteiger partial charge < -0.3 is 76.0 Å². The van der Waals surface area contributed by atoms with Crippen LogP contribution < -0.4 is 11.5 Å². The first-order valence-electron chi connectivity index (χ1n) is 13.2. The molecule has 41 heavy (non-hydrogen) atoms. The monoisotopic (exact) mass is 589 g/mol. The molecule has 3 heterocycles. The van der Waals surface area contributed by atoms with Gasteiger partial charge in [0, 0.05) is 6.21 Å². The maximum atomic E-state index is 11.5. The van der Waals surface area contributed by atoms with Crippen LogP contribution in [0.25, 0.3) is 0 Å². The molecule has 15 atom stereocenters. The number of ether oxygens (including phenoxy) is 5. The van der Waals surface area contributed by atoms with E-state index in [0.717, 1.165) is 0 Å². The molecule has 3 aliphatic heterocycles. The van der Waals surface area contributed by atoms with Gasteiger partial charge in [-0.05, 0) is 5.56 Å². The van der Waals surface area contributed by atoms with Gasteiger partial charge in [0.15, 0.2) is 18.9 Å². The lowest BCUT2D eigenvalue weighted by atomic mass is 9.94. The number of aliphatic hydroxyl groups excluding tert-OH is 8. The molecule has 0 aromatic heterocycles. The van der Waals surface area contributed by atoms with E-state index in [4.69, 9.17) is 35.2 Å².